The van der Waals surface area contributed by atoms with E-state index in [9.17, 15) is 71.2 Å². The maximum Gasteiger partial charge on any atom is 0.217 e. The summed E-state index contributed by atoms with van der Waals surface area (Å²) in [6.07, 6.45) is -33.5. The Kier molecular flexibility index (Phi) is 13.8. The number of carbonyl (C=O) groups is 1. The summed E-state index contributed by atoms with van der Waals surface area (Å²) < 4.78 is 38.7. The molecule has 4 aliphatic rings. The van der Waals surface area contributed by atoms with Crippen molar-refractivity contribution in [1.82, 2.24) is 5.32 Å². The van der Waals surface area contributed by atoms with Crippen LogP contribution < -0.4 is 5.32 Å². The molecule has 280 valence electrons. The summed E-state index contributed by atoms with van der Waals surface area (Å²) in [5.41, 5.74) is 0. The van der Waals surface area contributed by atoms with Gasteiger partial charge in [-0.15, -0.1) is 0 Å². The normalized spacial score (nSPS) is 50.2. The summed E-state index contributed by atoms with van der Waals surface area (Å²) in [6, 6.07) is -1.57. The number of carbonyl (C=O) groups excluding carboxylic acids is 1. The van der Waals surface area contributed by atoms with E-state index in [0.29, 0.717) is 0 Å². The molecule has 0 saturated carbocycles. The van der Waals surface area contributed by atoms with Gasteiger partial charge in [0.05, 0.1) is 26.4 Å². The van der Waals surface area contributed by atoms with Crippen molar-refractivity contribution in [2.75, 3.05) is 26.4 Å². The smallest absolute Gasteiger partial charge is 0.217 e. The number of aliphatic hydroxyl groups is 13. The van der Waals surface area contributed by atoms with Crippen LogP contribution in [0.15, 0.2) is 0 Å². The lowest BCUT2D eigenvalue weighted by molar-refractivity contribution is -0.378. The molecule has 48 heavy (non-hydrogen) atoms. The molecule has 22 heteroatoms. The van der Waals surface area contributed by atoms with Crippen molar-refractivity contribution in [2.24, 2.45) is 0 Å². The van der Waals surface area contributed by atoms with Gasteiger partial charge >= 0.3 is 0 Å². The third kappa shape index (κ3) is 8.08. The fourth-order valence-electron chi connectivity index (χ4n) is 5.95. The number of hydrogen-bond acceptors (Lipinski definition) is 21. The van der Waals surface area contributed by atoms with Crippen LogP contribution in [0.5, 0.6) is 0 Å². The van der Waals surface area contributed by atoms with E-state index in [2.05, 4.69) is 5.32 Å². The van der Waals surface area contributed by atoms with Gasteiger partial charge in [-0.05, 0) is 0 Å². The maximum absolute atomic E-state index is 12.2. The van der Waals surface area contributed by atoms with E-state index in [-0.39, 0.29) is 0 Å². The molecule has 0 aromatic rings. The zero-order valence-corrected chi connectivity index (χ0v) is 25.5. The molecular weight excluding hydrogens is 662 g/mol. The molecule has 1 amide bonds. The van der Waals surface area contributed by atoms with E-state index in [1.165, 1.54) is 0 Å². The van der Waals surface area contributed by atoms with Crippen LogP contribution in [0.25, 0.3) is 0 Å². The topological polar surface area (TPSA) is 357 Å². The zero-order valence-electron chi connectivity index (χ0n) is 25.5. The van der Waals surface area contributed by atoms with Gasteiger partial charge in [-0.1, -0.05) is 0 Å². The van der Waals surface area contributed by atoms with Gasteiger partial charge in [0.1, 0.15) is 97.6 Å². The van der Waals surface area contributed by atoms with Crippen LogP contribution in [0, 0.1) is 0 Å². The minimum atomic E-state index is -2.03. The molecular formula is C26H45NO21. The molecule has 20 atom stereocenters. The van der Waals surface area contributed by atoms with Crippen LogP contribution in [0.3, 0.4) is 0 Å². The van der Waals surface area contributed by atoms with Crippen molar-refractivity contribution in [3.8, 4) is 0 Å². The van der Waals surface area contributed by atoms with E-state index in [1.54, 1.807) is 0 Å². The highest BCUT2D eigenvalue weighted by Gasteiger charge is 2.55. The summed E-state index contributed by atoms with van der Waals surface area (Å²) in [5, 5.41) is 136. The molecule has 4 saturated heterocycles. The number of rotatable bonds is 11. The quantitative estimate of drug-likeness (QED) is 0.0947. The Bertz CT molecular complexity index is 1020. The second-order valence-corrected chi connectivity index (χ2v) is 11.9. The Morgan fingerprint density at radius 3 is 1.46 bits per heavy atom. The van der Waals surface area contributed by atoms with E-state index < -0.39 is 155 Å². The molecule has 22 nitrogen and oxygen atoms in total. The van der Waals surface area contributed by atoms with Gasteiger partial charge in [0.25, 0.3) is 0 Å². The van der Waals surface area contributed by atoms with Gasteiger partial charge in [0.2, 0.25) is 5.91 Å². The summed E-state index contributed by atoms with van der Waals surface area (Å²) in [6.45, 7) is -2.37. The van der Waals surface area contributed by atoms with Crippen LogP contribution in [0.2, 0.25) is 0 Å². The van der Waals surface area contributed by atoms with Crippen molar-refractivity contribution < 1.29 is 104 Å². The second-order valence-electron chi connectivity index (χ2n) is 11.9. The lowest BCUT2D eigenvalue weighted by Gasteiger charge is -2.50. The van der Waals surface area contributed by atoms with E-state index in [1.807, 2.05) is 0 Å². The third-order valence-electron chi connectivity index (χ3n) is 8.61. The van der Waals surface area contributed by atoms with Crippen molar-refractivity contribution >= 4 is 5.91 Å². The Labute approximate surface area is 272 Å². The monoisotopic (exact) mass is 707 g/mol. The first-order chi connectivity index (χ1) is 22.7. The average molecular weight is 708 g/mol. The van der Waals surface area contributed by atoms with Gasteiger partial charge in [-0.25, -0.2) is 0 Å². The molecule has 9 unspecified atom stereocenters. The van der Waals surface area contributed by atoms with Gasteiger partial charge in [0, 0.05) is 6.92 Å². The standard InChI is InChI=1S/C26H45NO21/c1-6(32)27-11-22(48-25-18(39)14(35)12(33)7(2-28)44-25)13(34)8(3-29)43-24(11)46-21-10(5-31)45-26(19(40)16(21)37)47-20-9(4-30)42-23(41)17(38)15(20)36/h7-26,28-31,33-41H,2-5H2,1H3,(H,27,32)/t7?,8?,9?,10?,11?,12-,13-,14-,15+,16+,17?,18?,19?,20+,21-,22+,23?,24-,25-,26-/m0/s1. The Morgan fingerprint density at radius 2 is 0.917 bits per heavy atom. The van der Waals surface area contributed by atoms with Gasteiger partial charge < -0.3 is 105 Å². The van der Waals surface area contributed by atoms with Crippen LogP contribution in [0.1, 0.15) is 6.92 Å². The van der Waals surface area contributed by atoms with Crippen molar-refractivity contribution in [2.45, 2.75) is 130 Å². The predicted octanol–water partition coefficient (Wildman–Crippen LogP) is -9.61. The zero-order chi connectivity index (χ0) is 35.6. The Balaban J connectivity index is 1.56. The average Bonchev–Trinajstić information content (AvgIpc) is 3.06. The highest BCUT2D eigenvalue weighted by molar-refractivity contribution is 5.73. The van der Waals surface area contributed by atoms with Gasteiger partial charge in [-0.3, -0.25) is 4.79 Å². The lowest BCUT2D eigenvalue weighted by Crippen LogP contribution is -2.70. The highest BCUT2D eigenvalue weighted by Crippen LogP contribution is 2.34. The number of ether oxygens (including phenoxy) is 7. The van der Waals surface area contributed by atoms with Crippen LogP contribution in [-0.2, 0) is 38.0 Å². The maximum atomic E-state index is 12.2. The molecule has 4 rings (SSSR count). The Hall–Kier alpha value is -1.33. The predicted molar refractivity (Wildman–Crippen MR) is 145 cm³/mol. The number of nitrogens with one attached hydrogen (secondary N) is 1. The van der Waals surface area contributed by atoms with E-state index in [4.69, 9.17) is 33.2 Å². The first kappa shape index (κ1) is 39.5. The number of aliphatic hydroxyl groups excluding tert-OH is 13. The molecule has 4 aliphatic heterocycles. The summed E-state index contributed by atoms with van der Waals surface area (Å²) >= 11 is 0. The molecule has 0 bridgehead atoms. The molecule has 0 aromatic heterocycles. The lowest BCUT2D eigenvalue weighted by atomic mass is 9.94. The van der Waals surface area contributed by atoms with Crippen LogP contribution in [0.4, 0.5) is 0 Å². The first-order valence-corrected chi connectivity index (χ1v) is 15.1. The SMILES string of the molecule is CC(=O)NC1[C@H](O[C@H]2C(CO)O[C@@H](O[C@@H]3C(CO)OC(O)C(O)[C@H]3O)C(O)[C@H]2O)OC(CO)[C@H](O)[C@@H]1O[C@@H]1OC(CO)[C@H](O)[C@H](O)C1O. The molecule has 14 N–H and O–H groups in total. The largest absolute Gasteiger partial charge is 0.394 e. The van der Waals surface area contributed by atoms with Crippen LogP contribution in [-0.4, -0.2) is 221 Å². The summed E-state index contributed by atoms with van der Waals surface area (Å²) in [4.78, 5) is 12.2. The van der Waals surface area contributed by atoms with Crippen molar-refractivity contribution in [3.05, 3.63) is 0 Å². The summed E-state index contributed by atoms with van der Waals surface area (Å²) in [7, 11) is 0. The first-order valence-electron chi connectivity index (χ1n) is 15.1. The third-order valence-corrected chi connectivity index (χ3v) is 8.61. The van der Waals surface area contributed by atoms with Crippen LogP contribution >= 0.6 is 0 Å². The van der Waals surface area contributed by atoms with Gasteiger partial charge in [0.15, 0.2) is 25.2 Å². The second kappa shape index (κ2) is 16.8. The highest BCUT2D eigenvalue weighted by atomic mass is 16.8. The van der Waals surface area contributed by atoms with E-state index in [0.717, 1.165) is 6.92 Å². The molecule has 0 aliphatic carbocycles. The molecule has 0 spiro atoms. The molecule has 0 aromatic carbocycles. The Morgan fingerprint density at radius 1 is 0.500 bits per heavy atom. The van der Waals surface area contributed by atoms with E-state index >= 15 is 0 Å². The minimum absolute atomic E-state index is 0.749. The minimum Gasteiger partial charge on any atom is -0.394 e. The van der Waals surface area contributed by atoms with Gasteiger partial charge in [-0.2, -0.15) is 0 Å². The van der Waals surface area contributed by atoms with Crippen molar-refractivity contribution in [1.29, 1.82) is 0 Å². The molecule has 4 heterocycles. The fraction of sp³-hybridized carbons (Fsp3) is 0.962. The molecule has 0 radical (unpaired) electrons. The number of amides is 1. The van der Waals surface area contributed by atoms with Crippen molar-refractivity contribution in [3.63, 3.8) is 0 Å². The molecule has 4 fully saturated rings. The number of hydrogen-bond donors (Lipinski definition) is 14. The fourth-order valence-corrected chi connectivity index (χ4v) is 5.95. The summed E-state index contributed by atoms with van der Waals surface area (Å²) in [5.74, 6) is -0.749.